The maximum atomic E-state index is 12.0. The third-order valence-corrected chi connectivity index (χ3v) is 1.67. The molecule has 0 saturated heterocycles. The lowest BCUT2D eigenvalue weighted by Gasteiger charge is -2.27. The smallest absolute Gasteiger partial charge is 0.406 e. The van der Waals surface area contributed by atoms with E-state index in [4.69, 9.17) is 9.76 Å². The molecule has 0 aliphatic heterocycles. The molecular formula is C9H15BF3O2. The van der Waals surface area contributed by atoms with E-state index in [2.05, 4.69) is 6.58 Å². The van der Waals surface area contributed by atoms with E-state index in [-0.39, 0.29) is 6.42 Å². The number of allylic oxidation sites excluding steroid dienone is 1. The minimum atomic E-state index is -4.47. The summed E-state index contributed by atoms with van der Waals surface area (Å²) in [4.78, 5) is 0. The fourth-order valence-corrected chi connectivity index (χ4v) is 1.06. The summed E-state index contributed by atoms with van der Waals surface area (Å²) in [5.41, 5.74) is -1.89. The maximum Gasteiger partial charge on any atom is 0.406 e. The summed E-state index contributed by atoms with van der Waals surface area (Å²) in [5, 5.41) is 9.07. The van der Waals surface area contributed by atoms with Gasteiger partial charge in [0, 0.05) is 11.1 Å². The third-order valence-electron chi connectivity index (χ3n) is 1.67. The molecule has 0 aromatic rings. The van der Waals surface area contributed by atoms with Gasteiger partial charge >= 0.3 is 13.7 Å². The molecule has 1 unspecified atom stereocenters. The Labute approximate surface area is 88.4 Å². The van der Waals surface area contributed by atoms with Gasteiger partial charge in [0.05, 0.1) is 6.10 Å². The molecule has 2 nitrogen and oxygen atoms in total. The van der Waals surface area contributed by atoms with Crippen LogP contribution in [0, 0.1) is 0 Å². The molecule has 1 N–H and O–H groups in total. The highest BCUT2D eigenvalue weighted by Crippen LogP contribution is 2.25. The standard InChI is InChI=1S/C9H15BF3O2/c1-6(14)5-8(3,4)15-10-7(2)9(11,12)13/h6,14H,2,5H2,1,3-4H3. The molecule has 0 fully saturated rings. The van der Waals surface area contributed by atoms with Crippen molar-refractivity contribution in [3.05, 3.63) is 12.1 Å². The molecule has 15 heavy (non-hydrogen) atoms. The second-order valence-corrected chi connectivity index (χ2v) is 4.07. The van der Waals surface area contributed by atoms with E-state index in [1.54, 1.807) is 20.8 Å². The number of hydrogen-bond donors (Lipinski definition) is 1. The van der Waals surface area contributed by atoms with Crippen molar-refractivity contribution in [3.63, 3.8) is 0 Å². The highest BCUT2D eigenvalue weighted by Gasteiger charge is 2.34. The van der Waals surface area contributed by atoms with Gasteiger partial charge in [0.15, 0.2) is 0 Å². The number of aliphatic hydroxyl groups excluding tert-OH is 1. The zero-order valence-corrected chi connectivity index (χ0v) is 9.06. The van der Waals surface area contributed by atoms with Crippen LogP contribution in [0.3, 0.4) is 0 Å². The van der Waals surface area contributed by atoms with Crippen molar-refractivity contribution in [2.24, 2.45) is 0 Å². The van der Waals surface area contributed by atoms with Crippen LogP contribution in [-0.2, 0) is 4.65 Å². The molecule has 0 aromatic heterocycles. The van der Waals surface area contributed by atoms with Gasteiger partial charge in [-0.05, 0) is 27.2 Å². The molecule has 0 aliphatic rings. The zero-order chi connectivity index (χ0) is 12.3. The third kappa shape index (κ3) is 6.57. The molecule has 1 radical (unpaired) electrons. The van der Waals surface area contributed by atoms with Crippen LogP contribution in [0.2, 0.25) is 0 Å². The van der Waals surface area contributed by atoms with Crippen LogP contribution in [-0.4, -0.2) is 30.5 Å². The quantitative estimate of drug-likeness (QED) is 0.724. The molecular weight excluding hydrogens is 208 g/mol. The van der Waals surface area contributed by atoms with Crippen molar-refractivity contribution in [1.82, 2.24) is 0 Å². The lowest BCUT2D eigenvalue weighted by molar-refractivity contribution is -0.0866. The fourth-order valence-electron chi connectivity index (χ4n) is 1.06. The fraction of sp³-hybridized carbons (Fsp3) is 0.778. The Balaban J connectivity index is 4.10. The Morgan fingerprint density at radius 2 is 1.93 bits per heavy atom. The maximum absolute atomic E-state index is 12.0. The van der Waals surface area contributed by atoms with Crippen LogP contribution in [0.4, 0.5) is 13.2 Å². The van der Waals surface area contributed by atoms with Crippen molar-refractivity contribution in [3.8, 4) is 0 Å². The van der Waals surface area contributed by atoms with E-state index in [1.165, 1.54) is 0 Å². The topological polar surface area (TPSA) is 29.5 Å². The van der Waals surface area contributed by atoms with Gasteiger partial charge in [-0.15, -0.1) is 0 Å². The molecule has 0 aliphatic carbocycles. The molecule has 0 spiro atoms. The van der Waals surface area contributed by atoms with E-state index in [0.29, 0.717) is 7.48 Å². The lowest BCUT2D eigenvalue weighted by atomic mass is 9.86. The van der Waals surface area contributed by atoms with Gasteiger partial charge in [-0.25, -0.2) is 0 Å². The van der Waals surface area contributed by atoms with Crippen molar-refractivity contribution in [2.75, 3.05) is 0 Å². The lowest BCUT2D eigenvalue weighted by Crippen LogP contribution is -2.33. The van der Waals surface area contributed by atoms with Crippen molar-refractivity contribution >= 4 is 7.48 Å². The number of hydrogen-bond acceptors (Lipinski definition) is 2. The highest BCUT2D eigenvalue weighted by molar-refractivity contribution is 6.38. The van der Waals surface area contributed by atoms with E-state index in [9.17, 15) is 13.2 Å². The van der Waals surface area contributed by atoms with Crippen LogP contribution < -0.4 is 0 Å². The summed E-state index contributed by atoms with van der Waals surface area (Å²) in [6, 6.07) is 0. The summed E-state index contributed by atoms with van der Waals surface area (Å²) in [6.07, 6.45) is -4.86. The van der Waals surface area contributed by atoms with Crippen molar-refractivity contribution in [2.45, 2.75) is 45.1 Å². The van der Waals surface area contributed by atoms with E-state index < -0.39 is 23.4 Å². The second kappa shape index (κ2) is 5.03. The predicted molar refractivity (Wildman–Crippen MR) is 52.4 cm³/mol. The van der Waals surface area contributed by atoms with Crippen LogP contribution in [0.1, 0.15) is 27.2 Å². The minimum absolute atomic E-state index is 0.245. The van der Waals surface area contributed by atoms with Gasteiger partial charge in [0.2, 0.25) is 0 Å². The summed E-state index contributed by atoms with van der Waals surface area (Å²) >= 11 is 0. The second-order valence-electron chi connectivity index (χ2n) is 4.07. The monoisotopic (exact) mass is 223 g/mol. The Hall–Kier alpha value is -0.485. The van der Waals surface area contributed by atoms with Crippen LogP contribution in [0.5, 0.6) is 0 Å². The van der Waals surface area contributed by atoms with E-state index in [0.717, 1.165) is 0 Å². The summed E-state index contributed by atoms with van der Waals surface area (Å²) < 4.78 is 41.0. The normalized spacial score (nSPS) is 14.9. The van der Waals surface area contributed by atoms with Crippen LogP contribution >= 0.6 is 0 Å². The molecule has 0 rings (SSSR count). The number of halogens is 3. The number of alkyl halides is 3. The Bertz CT molecular complexity index is 224. The summed E-state index contributed by atoms with van der Waals surface area (Å²) in [5.74, 6) is 0. The Kier molecular flexibility index (Phi) is 4.87. The largest absolute Gasteiger partial charge is 0.429 e. The van der Waals surface area contributed by atoms with Gasteiger partial charge in [0.25, 0.3) is 0 Å². The number of rotatable bonds is 5. The molecule has 87 valence electrons. The van der Waals surface area contributed by atoms with E-state index in [1.807, 2.05) is 0 Å². The van der Waals surface area contributed by atoms with Gasteiger partial charge in [-0.2, -0.15) is 13.2 Å². The van der Waals surface area contributed by atoms with Crippen LogP contribution in [0.25, 0.3) is 0 Å². The molecule has 0 heterocycles. The minimum Gasteiger partial charge on any atom is -0.429 e. The molecule has 0 amide bonds. The molecule has 6 heteroatoms. The molecule has 0 saturated carbocycles. The predicted octanol–water partition coefficient (Wildman–Crippen LogP) is 2.25. The first-order valence-electron chi connectivity index (χ1n) is 4.50. The van der Waals surface area contributed by atoms with Gasteiger partial charge in [-0.1, -0.05) is 6.58 Å². The summed E-state index contributed by atoms with van der Waals surface area (Å²) in [7, 11) is 0.586. The average molecular weight is 223 g/mol. The molecule has 0 aromatic carbocycles. The highest BCUT2D eigenvalue weighted by atomic mass is 19.4. The Morgan fingerprint density at radius 3 is 2.27 bits per heavy atom. The SMILES string of the molecule is C=C([B]OC(C)(C)CC(C)O)C(F)(F)F. The van der Waals surface area contributed by atoms with Crippen molar-refractivity contribution < 1.29 is 22.9 Å². The van der Waals surface area contributed by atoms with Gasteiger partial charge in [0.1, 0.15) is 0 Å². The average Bonchev–Trinajstić information content (AvgIpc) is 1.95. The van der Waals surface area contributed by atoms with Gasteiger partial charge in [-0.3, -0.25) is 0 Å². The zero-order valence-electron chi connectivity index (χ0n) is 9.06. The summed E-state index contributed by atoms with van der Waals surface area (Å²) in [6.45, 7) is 7.58. The molecule has 0 bridgehead atoms. The first-order valence-corrected chi connectivity index (χ1v) is 4.50. The van der Waals surface area contributed by atoms with Crippen molar-refractivity contribution in [1.29, 1.82) is 0 Å². The Morgan fingerprint density at radius 1 is 1.47 bits per heavy atom. The van der Waals surface area contributed by atoms with E-state index >= 15 is 0 Å². The van der Waals surface area contributed by atoms with Gasteiger partial charge < -0.3 is 9.76 Å². The first kappa shape index (κ1) is 14.5. The first-order chi connectivity index (χ1) is 6.54. The number of aliphatic hydroxyl groups is 1. The van der Waals surface area contributed by atoms with Crippen LogP contribution in [0.15, 0.2) is 12.1 Å². The molecule has 1 atom stereocenters.